The molecule has 0 aliphatic heterocycles. The number of aliphatic hydroxyl groups excluding tert-OH is 5. The molecule has 1 aromatic rings. The van der Waals surface area contributed by atoms with Crippen molar-refractivity contribution in [3.05, 3.63) is 29.8 Å². The van der Waals surface area contributed by atoms with Gasteiger partial charge >= 0.3 is 5.97 Å². The maximum atomic E-state index is 12.1. The quantitative estimate of drug-likeness (QED) is 0.343. The molecule has 0 bridgehead atoms. The van der Waals surface area contributed by atoms with Crippen LogP contribution in [0.15, 0.2) is 24.3 Å². The Morgan fingerprint density at radius 2 is 1.71 bits per heavy atom. The normalized spacial score (nSPS) is 16.1. The highest BCUT2D eigenvalue weighted by Gasteiger charge is 2.31. The van der Waals surface area contributed by atoms with E-state index in [1.165, 1.54) is 6.07 Å². The number of carbonyl (C=O) groups excluding carboxylic acids is 1. The first-order valence-corrected chi connectivity index (χ1v) is 7.64. The molecule has 0 aliphatic rings. The van der Waals surface area contributed by atoms with Gasteiger partial charge in [0, 0.05) is 0 Å². The van der Waals surface area contributed by atoms with E-state index in [1.807, 2.05) is 6.92 Å². The van der Waals surface area contributed by atoms with Crippen molar-refractivity contribution in [3.63, 3.8) is 0 Å². The Kier molecular flexibility index (Phi) is 8.66. The van der Waals surface area contributed by atoms with E-state index in [-0.39, 0.29) is 5.56 Å². The molecule has 0 radical (unpaired) electrons. The molecule has 1 aromatic carbocycles. The largest absolute Gasteiger partial charge is 0.493 e. The number of ether oxygens (including phenoxy) is 2. The summed E-state index contributed by atoms with van der Waals surface area (Å²) in [5, 5.41) is 46.8. The van der Waals surface area contributed by atoms with E-state index in [0.29, 0.717) is 12.4 Å². The molecule has 136 valence electrons. The van der Waals surface area contributed by atoms with Crippen LogP contribution in [0.3, 0.4) is 0 Å². The van der Waals surface area contributed by atoms with Gasteiger partial charge in [0.1, 0.15) is 42.3 Å². The zero-order valence-corrected chi connectivity index (χ0v) is 13.4. The lowest BCUT2D eigenvalue weighted by Gasteiger charge is -2.25. The number of aliphatic hydroxyl groups is 5. The zero-order valence-electron chi connectivity index (χ0n) is 13.4. The number of hydrogen-bond donors (Lipinski definition) is 5. The number of rotatable bonds is 10. The van der Waals surface area contributed by atoms with Crippen LogP contribution in [0.25, 0.3) is 0 Å². The van der Waals surface area contributed by atoms with Gasteiger partial charge < -0.3 is 35.0 Å². The van der Waals surface area contributed by atoms with Gasteiger partial charge in [0.25, 0.3) is 0 Å². The van der Waals surface area contributed by atoms with Crippen LogP contribution in [-0.4, -0.2) is 75.7 Å². The Labute approximate surface area is 139 Å². The van der Waals surface area contributed by atoms with Gasteiger partial charge in [-0.05, 0) is 18.6 Å². The molecule has 0 spiro atoms. The van der Waals surface area contributed by atoms with Crippen molar-refractivity contribution in [2.24, 2.45) is 0 Å². The van der Waals surface area contributed by atoms with E-state index in [4.69, 9.17) is 14.6 Å². The molecule has 0 amide bonds. The maximum Gasteiger partial charge on any atom is 0.342 e. The number of hydrogen-bond acceptors (Lipinski definition) is 8. The molecule has 0 aromatic heterocycles. The molecule has 0 saturated heterocycles. The van der Waals surface area contributed by atoms with Gasteiger partial charge in [0.05, 0.1) is 13.2 Å². The van der Waals surface area contributed by atoms with E-state index in [0.717, 1.165) is 6.42 Å². The van der Waals surface area contributed by atoms with Crippen molar-refractivity contribution in [1.82, 2.24) is 0 Å². The molecule has 8 nitrogen and oxygen atoms in total. The molecule has 4 atom stereocenters. The lowest BCUT2D eigenvalue weighted by molar-refractivity contribution is -0.124. The lowest BCUT2D eigenvalue weighted by atomic mass is 10.0. The minimum absolute atomic E-state index is 0.170. The Bertz CT molecular complexity index is 507. The standard InChI is InChI=1S/C16H24O8/c1-2-7-23-13-6-4-3-5-10(13)16(22)24-9-12(19)15(21)14(20)11(18)8-17/h3-6,11-12,14-15,17-21H,2,7-9H2,1H3/t11-,12+,14-,15-/m1/s1. The second kappa shape index (κ2) is 10.2. The highest BCUT2D eigenvalue weighted by Crippen LogP contribution is 2.19. The molecule has 24 heavy (non-hydrogen) atoms. The predicted molar refractivity (Wildman–Crippen MR) is 83.6 cm³/mol. The predicted octanol–water partition coefficient (Wildman–Crippen LogP) is -0.932. The topological polar surface area (TPSA) is 137 Å². The van der Waals surface area contributed by atoms with Crippen molar-refractivity contribution >= 4 is 5.97 Å². The minimum atomic E-state index is -1.79. The maximum absolute atomic E-state index is 12.1. The van der Waals surface area contributed by atoms with Gasteiger partial charge in [-0.1, -0.05) is 19.1 Å². The van der Waals surface area contributed by atoms with Gasteiger partial charge in [-0.25, -0.2) is 4.79 Å². The second-order valence-corrected chi connectivity index (χ2v) is 5.24. The Morgan fingerprint density at radius 1 is 1.08 bits per heavy atom. The first kappa shape index (κ1) is 20.3. The number of benzene rings is 1. The highest BCUT2D eigenvalue weighted by atomic mass is 16.5. The SMILES string of the molecule is CCCOc1ccccc1C(=O)OC[C@H](O)[C@@H](O)[C@H](O)[C@H](O)CO. The van der Waals surface area contributed by atoms with Crippen molar-refractivity contribution in [3.8, 4) is 5.75 Å². The van der Waals surface area contributed by atoms with Crippen LogP contribution < -0.4 is 4.74 Å². The summed E-state index contributed by atoms with van der Waals surface area (Å²) in [7, 11) is 0. The number of para-hydroxylation sites is 1. The molecule has 0 aliphatic carbocycles. The fourth-order valence-corrected chi connectivity index (χ4v) is 1.87. The molecular weight excluding hydrogens is 320 g/mol. The van der Waals surface area contributed by atoms with Crippen LogP contribution in [0.5, 0.6) is 5.75 Å². The molecule has 8 heteroatoms. The van der Waals surface area contributed by atoms with Crippen molar-refractivity contribution < 1.29 is 39.8 Å². The van der Waals surface area contributed by atoms with Crippen molar-refractivity contribution in [2.45, 2.75) is 37.8 Å². The first-order chi connectivity index (χ1) is 11.4. The summed E-state index contributed by atoms with van der Waals surface area (Å²) in [5.41, 5.74) is 0.170. The van der Waals surface area contributed by atoms with Gasteiger partial charge in [-0.15, -0.1) is 0 Å². The molecule has 0 fully saturated rings. The molecule has 0 unspecified atom stereocenters. The molecular formula is C16H24O8. The van der Waals surface area contributed by atoms with Crippen LogP contribution in [0, 0.1) is 0 Å². The summed E-state index contributed by atoms with van der Waals surface area (Å²) in [5.74, 6) is -0.416. The van der Waals surface area contributed by atoms with E-state index < -0.39 is 43.6 Å². The van der Waals surface area contributed by atoms with Gasteiger partial charge in [0.2, 0.25) is 0 Å². The monoisotopic (exact) mass is 344 g/mol. The van der Waals surface area contributed by atoms with Crippen LogP contribution in [0.4, 0.5) is 0 Å². The number of carbonyl (C=O) groups is 1. The van der Waals surface area contributed by atoms with Gasteiger partial charge in [-0.3, -0.25) is 0 Å². The molecule has 0 saturated carbocycles. The zero-order chi connectivity index (χ0) is 18.1. The van der Waals surface area contributed by atoms with Gasteiger partial charge in [0.15, 0.2) is 0 Å². The lowest BCUT2D eigenvalue weighted by Crippen LogP contribution is -2.47. The molecule has 1 rings (SSSR count). The summed E-state index contributed by atoms with van der Waals surface area (Å²) >= 11 is 0. The summed E-state index contributed by atoms with van der Waals surface area (Å²) in [6.07, 6.45) is -6.04. The second-order valence-electron chi connectivity index (χ2n) is 5.24. The molecule has 5 N–H and O–H groups in total. The third-order valence-corrected chi connectivity index (χ3v) is 3.28. The van der Waals surface area contributed by atoms with Crippen LogP contribution in [0.2, 0.25) is 0 Å². The van der Waals surface area contributed by atoms with E-state index >= 15 is 0 Å². The Morgan fingerprint density at radius 3 is 2.33 bits per heavy atom. The summed E-state index contributed by atoms with van der Waals surface area (Å²) in [4.78, 5) is 12.1. The average Bonchev–Trinajstić information content (AvgIpc) is 2.62. The van der Waals surface area contributed by atoms with E-state index in [9.17, 15) is 25.2 Å². The van der Waals surface area contributed by atoms with E-state index in [2.05, 4.69) is 0 Å². The highest BCUT2D eigenvalue weighted by molar-refractivity contribution is 5.92. The fraction of sp³-hybridized carbons (Fsp3) is 0.562. The molecule has 0 heterocycles. The fourth-order valence-electron chi connectivity index (χ4n) is 1.87. The summed E-state index contributed by atoms with van der Waals surface area (Å²) < 4.78 is 10.3. The first-order valence-electron chi connectivity index (χ1n) is 7.64. The third-order valence-electron chi connectivity index (χ3n) is 3.28. The van der Waals surface area contributed by atoms with E-state index in [1.54, 1.807) is 18.2 Å². The van der Waals surface area contributed by atoms with Crippen molar-refractivity contribution in [1.29, 1.82) is 0 Å². The number of esters is 1. The summed E-state index contributed by atoms with van der Waals surface area (Å²) in [6.45, 7) is 0.964. The minimum Gasteiger partial charge on any atom is -0.493 e. The van der Waals surface area contributed by atoms with Crippen molar-refractivity contribution in [2.75, 3.05) is 19.8 Å². The van der Waals surface area contributed by atoms with Crippen LogP contribution in [0.1, 0.15) is 23.7 Å². The van der Waals surface area contributed by atoms with Crippen LogP contribution >= 0.6 is 0 Å². The van der Waals surface area contributed by atoms with Gasteiger partial charge in [-0.2, -0.15) is 0 Å². The summed E-state index contributed by atoms with van der Waals surface area (Å²) in [6, 6.07) is 6.44. The average molecular weight is 344 g/mol. The Balaban J connectivity index is 2.62. The third kappa shape index (κ3) is 5.73. The smallest absolute Gasteiger partial charge is 0.342 e. The Hall–Kier alpha value is -1.71. The van der Waals surface area contributed by atoms with Crippen LogP contribution in [-0.2, 0) is 4.74 Å².